The molecule has 1 N–H and O–H groups in total. The van der Waals surface area contributed by atoms with E-state index in [2.05, 4.69) is 5.32 Å². The molecule has 0 aliphatic carbocycles. The van der Waals surface area contributed by atoms with Crippen molar-refractivity contribution in [1.82, 2.24) is 0 Å². The fraction of sp³-hybridized carbons (Fsp3) is 0.263. The van der Waals surface area contributed by atoms with Crippen LogP contribution in [0.3, 0.4) is 0 Å². The summed E-state index contributed by atoms with van der Waals surface area (Å²) in [5, 5.41) is 2.72. The Labute approximate surface area is 136 Å². The van der Waals surface area contributed by atoms with E-state index < -0.39 is 6.10 Å². The van der Waals surface area contributed by atoms with E-state index in [1.807, 2.05) is 55.5 Å². The average molecular weight is 311 g/mol. The quantitative estimate of drug-likeness (QED) is 0.827. The Morgan fingerprint density at radius 2 is 1.52 bits per heavy atom. The van der Waals surface area contributed by atoms with Gasteiger partial charge >= 0.3 is 5.97 Å². The van der Waals surface area contributed by atoms with Crippen molar-refractivity contribution in [3.05, 3.63) is 66.2 Å². The summed E-state index contributed by atoms with van der Waals surface area (Å²) in [7, 11) is 0. The lowest BCUT2D eigenvalue weighted by Crippen LogP contribution is -2.30. The van der Waals surface area contributed by atoms with Gasteiger partial charge in [-0.3, -0.25) is 9.59 Å². The van der Waals surface area contributed by atoms with E-state index in [0.717, 1.165) is 5.56 Å². The highest BCUT2D eigenvalue weighted by atomic mass is 16.5. The molecule has 0 spiro atoms. The van der Waals surface area contributed by atoms with E-state index >= 15 is 0 Å². The van der Waals surface area contributed by atoms with Crippen LogP contribution in [-0.4, -0.2) is 18.0 Å². The van der Waals surface area contributed by atoms with Crippen molar-refractivity contribution in [2.75, 3.05) is 5.32 Å². The van der Waals surface area contributed by atoms with Gasteiger partial charge in [-0.25, -0.2) is 0 Å². The van der Waals surface area contributed by atoms with Gasteiger partial charge in [-0.2, -0.15) is 0 Å². The fourth-order valence-corrected chi connectivity index (χ4v) is 2.21. The molecule has 23 heavy (non-hydrogen) atoms. The SMILES string of the molecule is C[C@H](OC(=O)C[C@@H](C)c1ccccc1)C(=O)Nc1ccccc1. The summed E-state index contributed by atoms with van der Waals surface area (Å²) < 4.78 is 5.23. The minimum absolute atomic E-state index is 0.0492. The number of amides is 1. The lowest BCUT2D eigenvalue weighted by molar-refractivity contribution is -0.153. The number of rotatable bonds is 6. The molecular weight excluding hydrogens is 290 g/mol. The van der Waals surface area contributed by atoms with E-state index in [9.17, 15) is 9.59 Å². The lowest BCUT2D eigenvalue weighted by Gasteiger charge is -2.16. The van der Waals surface area contributed by atoms with Gasteiger partial charge in [-0.15, -0.1) is 0 Å². The monoisotopic (exact) mass is 311 g/mol. The summed E-state index contributed by atoms with van der Waals surface area (Å²) in [4.78, 5) is 24.0. The van der Waals surface area contributed by atoms with E-state index in [4.69, 9.17) is 4.74 Å². The topological polar surface area (TPSA) is 55.4 Å². The molecule has 0 heterocycles. The first kappa shape index (κ1) is 16.7. The zero-order valence-electron chi connectivity index (χ0n) is 13.4. The van der Waals surface area contributed by atoms with Crippen molar-refractivity contribution in [1.29, 1.82) is 0 Å². The number of hydrogen-bond donors (Lipinski definition) is 1. The molecule has 0 bridgehead atoms. The van der Waals surface area contributed by atoms with Gasteiger partial charge in [-0.1, -0.05) is 55.5 Å². The predicted octanol–water partition coefficient (Wildman–Crippen LogP) is 3.75. The zero-order valence-corrected chi connectivity index (χ0v) is 13.4. The molecule has 2 rings (SSSR count). The van der Waals surface area contributed by atoms with Crippen LogP contribution < -0.4 is 5.32 Å². The van der Waals surface area contributed by atoms with Crippen molar-refractivity contribution in [3.63, 3.8) is 0 Å². The largest absolute Gasteiger partial charge is 0.453 e. The molecule has 4 heteroatoms. The second-order valence-electron chi connectivity index (χ2n) is 5.50. The zero-order chi connectivity index (χ0) is 16.7. The minimum Gasteiger partial charge on any atom is -0.453 e. The van der Waals surface area contributed by atoms with Crippen molar-refractivity contribution < 1.29 is 14.3 Å². The van der Waals surface area contributed by atoms with E-state index in [1.165, 1.54) is 0 Å². The number of ether oxygens (including phenoxy) is 1. The molecule has 0 fully saturated rings. The molecule has 1 amide bonds. The highest BCUT2D eigenvalue weighted by Gasteiger charge is 2.19. The maximum atomic E-state index is 12.0. The van der Waals surface area contributed by atoms with Crippen LogP contribution in [0.5, 0.6) is 0 Å². The first-order valence-electron chi connectivity index (χ1n) is 7.66. The molecule has 0 aliphatic rings. The van der Waals surface area contributed by atoms with Crippen LogP contribution in [0.4, 0.5) is 5.69 Å². The molecule has 2 atom stereocenters. The van der Waals surface area contributed by atoms with Crippen LogP contribution in [0, 0.1) is 0 Å². The summed E-state index contributed by atoms with van der Waals surface area (Å²) in [6.45, 7) is 3.54. The van der Waals surface area contributed by atoms with Crippen molar-refractivity contribution in [3.8, 4) is 0 Å². The van der Waals surface area contributed by atoms with E-state index in [1.54, 1.807) is 19.1 Å². The number of para-hydroxylation sites is 1. The summed E-state index contributed by atoms with van der Waals surface area (Å²) in [5.41, 5.74) is 1.75. The minimum atomic E-state index is -0.828. The molecular formula is C19H21NO3. The number of benzene rings is 2. The van der Waals surface area contributed by atoms with Gasteiger partial charge in [0.2, 0.25) is 0 Å². The normalized spacial score (nSPS) is 13.0. The van der Waals surface area contributed by atoms with Gasteiger partial charge in [0, 0.05) is 5.69 Å². The highest BCUT2D eigenvalue weighted by Crippen LogP contribution is 2.19. The van der Waals surface area contributed by atoms with Gasteiger partial charge in [0.15, 0.2) is 6.10 Å². The Morgan fingerprint density at radius 3 is 2.13 bits per heavy atom. The maximum absolute atomic E-state index is 12.0. The van der Waals surface area contributed by atoms with Crippen molar-refractivity contribution in [2.45, 2.75) is 32.3 Å². The van der Waals surface area contributed by atoms with Crippen molar-refractivity contribution >= 4 is 17.6 Å². The lowest BCUT2D eigenvalue weighted by atomic mass is 9.98. The third kappa shape index (κ3) is 5.25. The highest BCUT2D eigenvalue weighted by molar-refractivity contribution is 5.95. The second kappa shape index (κ2) is 8.13. The van der Waals surface area contributed by atoms with Crippen LogP contribution in [0.1, 0.15) is 31.7 Å². The van der Waals surface area contributed by atoms with Crippen LogP contribution in [-0.2, 0) is 14.3 Å². The Kier molecular flexibility index (Phi) is 5.92. The molecule has 0 unspecified atom stereocenters. The third-order valence-corrected chi connectivity index (χ3v) is 3.56. The summed E-state index contributed by atoms with van der Waals surface area (Å²) >= 11 is 0. The van der Waals surface area contributed by atoms with Gasteiger partial charge in [0.25, 0.3) is 5.91 Å². The second-order valence-corrected chi connectivity index (χ2v) is 5.50. The number of carbonyl (C=O) groups excluding carboxylic acids is 2. The van der Waals surface area contributed by atoms with Crippen LogP contribution in [0.25, 0.3) is 0 Å². The fourth-order valence-electron chi connectivity index (χ4n) is 2.21. The number of carbonyl (C=O) groups is 2. The molecule has 0 radical (unpaired) electrons. The number of anilines is 1. The molecule has 4 nitrogen and oxygen atoms in total. The van der Waals surface area contributed by atoms with E-state index in [-0.39, 0.29) is 24.2 Å². The first-order valence-corrected chi connectivity index (χ1v) is 7.66. The maximum Gasteiger partial charge on any atom is 0.307 e. The summed E-state index contributed by atoms with van der Waals surface area (Å²) in [6, 6.07) is 18.8. The molecule has 120 valence electrons. The summed E-state index contributed by atoms with van der Waals surface area (Å²) in [6.07, 6.45) is -0.585. The molecule has 0 saturated heterocycles. The molecule has 0 aromatic heterocycles. The smallest absolute Gasteiger partial charge is 0.307 e. The van der Waals surface area contributed by atoms with Gasteiger partial charge < -0.3 is 10.1 Å². The first-order chi connectivity index (χ1) is 11.1. The standard InChI is InChI=1S/C19H21NO3/c1-14(16-9-5-3-6-10-16)13-18(21)23-15(2)19(22)20-17-11-7-4-8-12-17/h3-12,14-15H,13H2,1-2H3,(H,20,22)/t14-,15+/m1/s1. The Bertz CT molecular complexity index is 640. The van der Waals surface area contributed by atoms with Crippen molar-refractivity contribution in [2.24, 2.45) is 0 Å². The predicted molar refractivity (Wildman–Crippen MR) is 90.1 cm³/mol. The van der Waals surface area contributed by atoms with Gasteiger partial charge in [0.05, 0.1) is 6.42 Å². The van der Waals surface area contributed by atoms with Crippen LogP contribution in [0.15, 0.2) is 60.7 Å². The number of hydrogen-bond acceptors (Lipinski definition) is 3. The molecule has 2 aromatic rings. The Hall–Kier alpha value is -2.62. The average Bonchev–Trinajstić information content (AvgIpc) is 2.56. The Morgan fingerprint density at radius 1 is 0.957 bits per heavy atom. The van der Waals surface area contributed by atoms with Gasteiger partial charge in [0.1, 0.15) is 0 Å². The molecule has 0 aliphatic heterocycles. The Balaban J connectivity index is 1.83. The number of esters is 1. The third-order valence-electron chi connectivity index (χ3n) is 3.56. The summed E-state index contributed by atoms with van der Waals surface area (Å²) in [5.74, 6) is -0.665. The number of nitrogens with one attached hydrogen (secondary N) is 1. The van der Waals surface area contributed by atoms with Crippen LogP contribution >= 0.6 is 0 Å². The van der Waals surface area contributed by atoms with Gasteiger partial charge in [-0.05, 0) is 30.5 Å². The van der Waals surface area contributed by atoms with Crippen LogP contribution in [0.2, 0.25) is 0 Å². The molecule has 0 saturated carbocycles. The molecule has 2 aromatic carbocycles. The van der Waals surface area contributed by atoms with E-state index in [0.29, 0.717) is 5.69 Å².